The molecule has 4 heteroatoms. The van der Waals surface area contributed by atoms with Crippen molar-refractivity contribution in [3.05, 3.63) is 58.7 Å². The average molecular weight is 392 g/mol. The van der Waals surface area contributed by atoms with Gasteiger partial charge in [-0.2, -0.15) is 0 Å². The first kappa shape index (κ1) is 18.5. The van der Waals surface area contributed by atoms with Gasteiger partial charge in [-0.3, -0.25) is 0 Å². The van der Waals surface area contributed by atoms with Crippen molar-refractivity contribution in [1.29, 1.82) is 0 Å². The van der Waals surface area contributed by atoms with Gasteiger partial charge in [-0.15, -0.1) is 0 Å². The van der Waals surface area contributed by atoms with Crippen LogP contribution in [0.2, 0.25) is 0 Å². The highest BCUT2D eigenvalue weighted by atomic mass is 16.5. The fourth-order valence-corrected chi connectivity index (χ4v) is 5.19. The second kappa shape index (κ2) is 7.40. The average Bonchev–Trinajstić information content (AvgIpc) is 3.44. The number of benzene rings is 2. The molecular formula is C25H29NO3. The van der Waals surface area contributed by atoms with E-state index in [2.05, 4.69) is 36.5 Å². The number of anilines is 1. The number of hydrogen-bond acceptors (Lipinski definition) is 4. The SMILES string of the molecule is COC(=O)c1ccc([C@@H]2Nc3ccc(OCC4CC4)cc3[C@@H]3CCC[C@@H]32)c(C)c1. The molecule has 1 N–H and O–H groups in total. The quantitative estimate of drug-likeness (QED) is 0.672. The standard InChI is InChI=1S/C25H29NO3/c1-15-12-17(25(27)28-2)8-10-19(15)24-21-5-3-4-20(21)22-13-18(9-11-23(22)26-24)29-14-16-6-7-16/h8-13,16,20-21,24,26H,3-7,14H2,1-2H3/t20-,21+,24+/m1/s1. The molecule has 0 aromatic heterocycles. The van der Waals surface area contributed by atoms with E-state index in [0.717, 1.165) is 23.8 Å². The fraction of sp³-hybridized carbons (Fsp3) is 0.480. The maximum Gasteiger partial charge on any atom is 0.337 e. The first-order valence-electron chi connectivity index (χ1n) is 10.9. The zero-order valence-corrected chi connectivity index (χ0v) is 17.2. The Kier molecular flexibility index (Phi) is 4.73. The molecule has 0 spiro atoms. The topological polar surface area (TPSA) is 47.6 Å². The summed E-state index contributed by atoms with van der Waals surface area (Å²) in [5, 5.41) is 3.82. The van der Waals surface area contributed by atoms with Crippen LogP contribution in [0.5, 0.6) is 5.75 Å². The summed E-state index contributed by atoms with van der Waals surface area (Å²) in [5.41, 5.74) is 5.69. The molecule has 1 aliphatic heterocycles. The third-order valence-electron chi connectivity index (χ3n) is 6.94. The van der Waals surface area contributed by atoms with Crippen molar-refractivity contribution >= 4 is 11.7 Å². The van der Waals surface area contributed by atoms with Crippen LogP contribution in [0, 0.1) is 18.8 Å². The van der Waals surface area contributed by atoms with Gasteiger partial charge in [0, 0.05) is 5.69 Å². The highest BCUT2D eigenvalue weighted by Crippen LogP contribution is 2.53. The van der Waals surface area contributed by atoms with Gasteiger partial charge in [0.15, 0.2) is 0 Å². The van der Waals surface area contributed by atoms with E-state index in [9.17, 15) is 4.79 Å². The molecule has 3 atom stereocenters. The lowest BCUT2D eigenvalue weighted by molar-refractivity contribution is 0.0600. The van der Waals surface area contributed by atoms with Gasteiger partial charge in [-0.1, -0.05) is 12.5 Å². The number of hydrogen-bond donors (Lipinski definition) is 1. The molecule has 2 aliphatic carbocycles. The summed E-state index contributed by atoms with van der Waals surface area (Å²) in [6.45, 7) is 2.95. The third kappa shape index (κ3) is 3.50. The first-order chi connectivity index (χ1) is 14.1. The van der Waals surface area contributed by atoms with Crippen LogP contribution in [0.1, 0.15) is 71.1 Å². The van der Waals surface area contributed by atoms with Gasteiger partial charge >= 0.3 is 5.97 Å². The van der Waals surface area contributed by atoms with Gasteiger partial charge in [-0.25, -0.2) is 4.79 Å². The van der Waals surface area contributed by atoms with E-state index in [1.54, 1.807) is 0 Å². The van der Waals surface area contributed by atoms with Gasteiger partial charge in [0.05, 0.1) is 25.3 Å². The van der Waals surface area contributed by atoms with Crippen LogP contribution in [0.15, 0.2) is 36.4 Å². The number of aryl methyl sites for hydroxylation is 1. The Labute approximate surface area is 172 Å². The normalized spacial score (nSPS) is 25.0. The molecular weight excluding hydrogens is 362 g/mol. The lowest BCUT2D eigenvalue weighted by Crippen LogP contribution is -2.29. The second-order valence-electron chi connectivity index (χ2n) is 8.89. The van der Waals surface area contributed by atoms with Crippen LogP contribution in [-0.4, -0.2) is 19.7 Å². The fourth-order valence-electron chi connectivity index (χ4n) is 5.19. The van der Waals surface area contributed by atoms with Crippen molar-refractivity contribution in [3.8, 4) is 5.75 Å². The molecule has 29 heavy (non-hydrogen) atoms. The number of fused-ring (bicyclic) bond motifs is 3. The van der Waals surface area contributed by atoms with Crippen LogP contribution >= 0.6 is 0 Å². The van der Waals surface area contributed by atoms with Crippen molar-refractivity contribution in [1.82, 2.24) is 0 Å². The van der Waals surface area contributed by atoms with Crippen LogP contribution < -0.4 is 10.1 Å². The Morgan fingerprint density at radius 1 is 1.07 bits per heavy atom. The highest BCUT2D eigenvalue weighted by Gasteiger charge is 2.41. The Bertz CT molecular complexity index is 934. The van der Waals surface area contributed by atoms with Crippen molar-refractivity contribution in [2.75, 3.05) is 19.0 Å². The van der Waals surface area contributed by atoms with E-state index >= 15 is 0 Å². The van der Waals surface area contributed by atoms with Crippen LogP contribution in [-0.2, 0) is 4.74 Å². The molecule has 0 unspecified atom stereocenters. The zero-order valence-electron chi connectivity index (χ0n) is 17.2. The number of carbonyl (C=O) groups is 1. The summed E-state index contributed by atoms with van der Waals surface area (Å²) in [7, 11) is 1.43. The van der Waals surface area contributed by atoms with Crippen LogP contribution in [0.4, 0.5) is 5.69 Å². The Morgan fingerprint density at radius 2 is 1.93 bits per heavy atom. The maximum absolute atomic E-state index is 11.9. The molecule has 0 bridgehead atoms. The lowest BCUT2D eigenvalue weighted by Gasteiger charge is -2.38. The predicted octanol–water partition coefficient (Wildman–Crippen LogP) is 5.62. The number of esters is 1. The molecule has 2 aromatic carbocycles. The number of ether oxygens (including phenoxy) is 2. The summed E-state index contributed by atoms with van der Waals surface area (Å²) >= 11 is 0. The zero-order chi connectivity index (χ0) is 20.0. The number of methoxy groups -OCH3 is 1. The van der Waals surface area contributed by atoms with E-state index in [1.165, 1.54) is 56.0 Å². The van der Waals surface area contributed by atoms with Gasteiger partial charge in [-0.05, 0) is 97.4 Å². The molecule has 3 aliphatic rings. The van der Waals surface area contributed by atoms with E-state index in [-0.39, 0.29) is 12.0 Å². The molecule has 0 amide bonds. The molecule has 4 nitrogen and oxygen atoms in total. The van der Waals surface area contributed by atoms with Crippen LogP contribution in [0.3, 0.4) is 0 Å². The molecule has 2 aromatic rings. The second-order valence-corrected chi connectivity index (χ2v) is 8.89. The van der Waals surface area contributed by atoms with Gasteiger partial charge < -0.3 is 14.8 Å². The summed E-state index contributed by atoms with van der Waals surface area (Å²) in [4.78, 5) is 11.9. The lowest BCUT2D eigenvalue weighted by atomic mass is 9.76. The minimum Gasteiger partial charge on any atom is -0.493 e. The molecule has 5 rings (SSSR count). The molecule has 0 radical (unpaired) electrons. The number of nitrogens with one attached hydrogen (secondary N) is 1. The summed E-state index contributed by atoms with van der Waals surface area (Å²) in [6, 6.07) is 12.8. The molecule has 152 valence electrons. The smallest absolute Gasteiger partial charge is 0.337 e. The number of rotatable bonds is 5. The van der Waals surface area contributed by atoms with Crippen LogP contribution in [0.25, 0.3) is 0 Å². The van der Waals surface area contributed by atoms with Gasteiger partial charge in [0.25, 0.3) is 0 Å². The van der Waals surface area contributed by atoms with Gasteiger partial charge in [0.2, 0.25) is 0 Å². The van der Waals surface area contributed by atoms with Crippen molar-refractivity contribution in [3.63, 3.8) is 0 Å². The van der Waals surface area contributed by atoms with Crippen molar-refractivity contribution < 1.29 is 14.3 Å². The molecule has 2 saturated carbocycles. The molecule has 0 saturated heterocycles. The first-order valence-corrected chi connectivity index (χ1v) is 10.9. The minimum absolute atomic E-state index is 0.278. The highest BCUT2D eigenvalue weighted by molar-refractivity contribution is 5.89. The monoisotopic (exact) mass is 391 g/mol. The summed E-state index contributed by atoms with van der Waals surface area (Å²) in [6.07, 6.45) is 6.35. The third-order valence-corrected chi connectivity index (χ3v) is 6.94. The molecule has 2 fully saturated rings. The van der Waals surface area contributed by atoms with E-state index in [1.807, 2.05) is 12.1 Å². The Morgan fingerprint density at radius 3 is 2.69 bits per heavy atom. The summed E-state index contributed by atoms with van der Waals surface area (Å²) < 4.78 is 10.9. The van der Waals surface area contributed by atoms with E-state index in [0.29, 0.717) is 17.4 Å². The number of carbonyl (C=O) groups excluding carboxylic acids is 1. The van der Waals surface area contributed by atoms with Crippen molar-refractivity contribution in [2.45, 2.75) is 51.0 Å². The Hall–Kier alpha value is -2.49. The minimum atomic E-state index is -0.279. The Balaban J connectivity index is 1.44. The largest absolute Gasteiger partial charge is 0.493 e. The van der Waals surface area contributed by atoms with E-state index < -0.39 is 0 Å². The maximum atomic E-state index is 11.9. The molecule has 1 heterocycles. The summed E-state index contributed by atoms with van der Waals surface area (Å²) in [5.74, 6) is 2.65. The predicted molar refractivity (Wildman–Crippen MR) is 114 cm³/mol. The van der Waals surface area contributed by atoms with Gasteiger partial charge in [0.1, 0.15) is 5.75 Å². The van der Waals surface area contributed by atoms with Crippen molar-refractivity contribution in [2.24, 2.45) is 11.8 Å². The van der Waals surface area contributed by atoms with E-state index in [4.69, 9.17) is 9.47 Å².